The quantitative estimate of drug-likeness (QED) is 0.415. The van der Waals surface area contributed by atoms with Crippen LogP contribution in [0.2, 0.25) is 0 Å². The molecule has 2 heteroatoms. The molecule has 0 aliphatic heterocycles. The van der Waals surface area contributed by atoms with Gasteiger partial charge < -0.3 is 0 Å². The molecule has 0 radical (unpaired) electrons. The molecule has 0 aromatic rings. The number of aliphatic imine (C=N–C) groups is 2. The summed E-state index contributed by atoms with van der Waals surface area (Å²) in [5.74, 6) is 0. The molecule has 0 fully saturated rings. The zero-order valence-corrected chi connectivity index (χ0v) is 7.64. The Balaban J connectivity index is 3.14. The number of hydrogen-bond acceptors (Lipinski definition) is 2. The van der Waals surface area contributed by atoms with Crippen LogP contribution in [0.5, 0.6) is 0 Å². The molecule has 11 heavy (non-hydrogen) atoms. The standard InChI is InChI=1S/C9H18N2/c1-3-5-6-8-11-9-10-7-4-2/h3-8H2,1-2H3. The van der Waals surface area contributed by atoms with Crippen molar-refractivity contribution in [2.45, 2.75) is 39.5 Å². The summed E-state index contributed by atoms with van der Waals surface area (Å²) in [4.78, 5) is 8.00. The van der Waals surface area contributed by atoms with Gasteiger partial charge in [0, 0.05) is 13.1 Å². The van der Waals surface area contributed by atoms with Gasteiger partial charge >= 0.3 is 0 Å². The van der Waals surface area contributed by atoms with Crippen molar-refractivity contribution in [1.82, 2.24) is 0 Å². The molecule has 0 unspecified atom stereocenters. The zero-order chi connectivity index (χ0) is 8.36. The van der Waals surface area contributed by atoms with Gasteiger partial charge in [0.05, 0.1) is 6.01 Å². The predicted octanol–water partition coefficient (Wildman–Crippen LogP) is 2.76. The van der Waals surface area contributed by atoms with Crippen molar-refractivity contribution in [3.05, 3.63) is 0 Å². The molecule has 0 aliphatic rings. The van der Waals surface area contributed by atoms with E-state index in [1.165, 1.54) is 19.3 Å². The molecule has 64 valence electrons. The van der Waals surface area contributed by atoms with Gasteiger partial charge in [-0.2, -0.15) is 0 Å². The molecule has 0 bridgehead atoms. The van der Waals surface area contributed by atoms with E-state index in [0.717, 1.165) is 19.5 Å². The van der Waals surface area contributed by atoms with Crippen LogP contribution in [0.25, 0.3) is 0 Å². The highest BCUT2D eigenvalue weighted by Crippen LogP contribution is 1.92. The van der Waals surface area contributed by atoms with Gasteiger partial charge in [-0.1, -0.05) is 26.7 Å². The van der Waals surface area contributed by atoms with E-state index < -0.39 is 0 Å². The van der Waals surface area contributed by atoms with Crippen LogP contribution in [0.3, 0.4) is 0 Å². The van der Waals surface area contributed by atoms with E-state index >= 15 is 0 Å². The smallest absolute Gasteiger partial charge is 0.0892 e. The van der Waals surface area contributed by atoms with Gasteiger partial charge in [0.1, 0.15) is 0 Å². The lowest BCUT2D eigenvalue weighted by Gasteiger charge is -1.88. The molecule has 0 saturated heterocycles. The lowest BCUT2D eigenvalue weighted by molar-refractivity contribution is 0.729. The average Bonchev–Trinajstić information content (AvgIpc) is 2.03. The Kier molecular flexibility index (Phi) is 8.85. The summed E-state index contributed by atoms with van der Waals surface area (Å²) in [6.45, 7) is 6.04. The van der Waals surface area contributed by atoms with Crippen molar-refractivity contribution in [2.75, 3.05) is 13.1 Å². The normalized spacial score (nSPS) is 8.91. The van der Waals surface area contributed by atoms with Crippen molar-refractivity contribution in [2.24, 2.45) is 9.98 Å². The second kappa shape index (κ2) is 9.38. The second-order valence-electron chi connectivity index (χ2n) is 2.57. The predicted molar refractivity (Wildman–Crippen MR) is 49.4 cm³/mol. The topological polar surface area (TPSA) is 24.7 Å². The molecule has 0 amide bonds. The van der Waals surface area contributed by atoms with E-state index in [1.807, 2.05) is 0 Å². The van der Waals surface area contributed by atoms with E-state index in [9.17, 15) is 0 Å². The third kappa shape index (κ3) is 9.38. The van der Waals surface area contributed by atoms with Crippen molar-refractivity contribution in [1.29, 1.82) is 0 Å². The summed E-state index contributed by atoms with van der Waals surface area (Å²) in [6.07, 6.45) is 4.77. The van der Waals surface area contributed by atoms with Crippen molar-refractivity contribution in [3.8, 4) is 0 Å². The van der Waals surface area contributed by atoms with Gasteiger partial charge in [-0.05, 0) is 12.8 Å². The molecule has 0 aromatic carbocycles. The third-order valence-corrected chi connectivity index (χ3v) is 1.35. The Morgan fingerprint density at radius 2 is 1.64 bits per heavy atom. The molecule has 0 heterocycles. The second-order valence-corrected chi connectivity index (χ2v) is 2.57. The molecule has 0 spiro atoms. The van der Waals surface area contributed by atoms with Crippen LogP contribution in [-0.4, -0.2) is 19.1 Å². The zero-order valence-electron chi connectivity index (χ0n) is 7.64. The first-order valence-corrected chi connectivity index (χ1v) is 4.49. The lowest BCUT2D eigenvalue weighted by atomic mass is 10.3. The molecule has 2 nitrogen and oxygen atoms in total. The summed E-state index contributed by atoms with van der Waals surface area (Å²) in [5, 5.41) is 0. The highest BCUT2D eigenvalue weighted by atomic mass is 14.8. The van der Waals surface area contributed by atoms with E-state index in [2.05, 4.69) is 29.8 Å². The Morgan fingerprint density at radius 3 is 2.27 bits per heavy atom. The highest BCUT2D eigenvalue weighted by molar-refractivity contribution is 5.40. The number of unbranched alkanes of at least 4 members (excludes halogenated alkanes) is 2. The van der Waals surface area contributed by atoms with Crippen molar-refractivity contribution in [3.63, 3.8) is 0 Å². The van der Waals surface area contributed by atoms with E-state index in [0.29, 0.717) is 0 Å². The highest BCUT2D eigenvalue weighted by Gasteiger charge is 1.80. The molecule has 0 aromatic heterocycles. The fraction of sp³-hybridized carbons (Fsp3) is 0.889. The first-order chi connectivity index (χ1) is 5.41. The minimum Gasteiger partial charge on any atom is -0.226 e. The van der Waals surface area contributed by atoms with E-state index in [4.69, 9.17) is 0 Å². The molecule has 0 saturated carbocycles. The number of rotatable bonds is 6. The monoisotopic (exact) mass is 154 g/mol. The van der Waals surface area contributed by atoms with Crippen molar-refractivity contribution < 1.29 is 0 Å². The lowest BCUT2D eigenvalue weighted by Crippen LogP contribution is -1.79. The van der Waals surface area contributed by atoms with Crippen LogP contribution in [0, 0.1) is 0 Å². The fourth-order valence-corrected chi connectivity index (χ4v) is 0.703. The SMILES string of the molecule is CCCCCN=C=NCCC. The average molecular weight is 154 g/mol. The maximum absolute atomic E-state index is 4.03. The molecule has 0 aliphatic carbocycles. The summed E-state index contributed by atoms with van der Waals surface area (Å²) < 4.78 is 0. The van der Waals surface area contributed by atoms with E-state index in [-0.39, 0.29) is 0 Å². The van der Waals surface area contributed by atoms with Crippen LogP contribution in [-0.2, 0) is 0 Å². The van der Waals surface area contributed by atoms with Gasteiger partial charge in [-0.3, -0.25) is 0 Å². The van der Waals surface area contributed by atoms with Crippen LogP contribution >= 0.6 is 0 Å². The van der Waals surface area contributed by atoms with Gasteiger partial charge in [0.25, 0.3) is 0 Å². The Bertz CT molecular complexity index is 124. The van der Waals surface area contributed by atoms with Crippen LogP contribution in [0.1, 0.15) is 39.5 Å². The summed E-state index contributed by atoms with van der Waals surface area (Å²) >= 11 is 0. The molecular formula is C9H18N2. The molecule has 0 N–H and O–H groups in total. The molecular weight excluding hydrogens is 136 g/mol. The summed E-state index contributed by atoms with van der Waals surface area (Å²) in [6, 6.07) is 2.70. The van der Waals surface area contributed by atoms with Gasteiger partial charge in [-0.25, -0.2) is 9.98 Å². The maximum atomic E-state index is 4.03. The fourth-order valence-electron chi connectivity index (χ4n) is 0.703. The third-order valence-electron chi connectivity index (χ3n) is 1.35. The van der Waals surface area contributed by atoms with Crippen LogP contribution in [0.4, 0.5) is 0 Å². The first-order valence-electron chi connectivity index (χ1n) is 4.49. The van der Waals surface area contributed by atoms with Gasteiger partial charge in [0.2, 0.25) is 0 Å². The number of nitrogens with zero attached hydrogens (tertiary/aromatic N) is 2. The molecule has 0 rings (SSSR count). The maximum Gasteiger partial charge on any atom is 0.0892 e. The van der Waals surface area contributed by atoms with Crippen molar-refractivity contribution >= 4 is 6.01 Å². The van der Waals surface area contributed by atoms with Gasteiger partial charge in [-0.15, -0.1) is 0 Å². The van der Waals surface area contributed by atoms with E-state index in [1.54, 1.807) is 0 Å². The molecule has 0 atom stereocenters. The Morgan fingerprint density at radius 1 is 0.909 bits per heavy atom. The largest absolute Gasteiger partial charge is 0.226 e. The number of hydrogen-bond donors (Lipinski definition) is 0. The Hall–Kier alpha value is -0.620. The van der Waals surface area contributed by atoms with Crippen LogP contribution < -0.4 is 0 Å². The summed E-state index contributed by atoms with van der Waals surface area (Å²) in [7, 11) is 0. The minimum absolute atomic E-state index is 0.858. The van der Waals surface area contributed by atoms with Gasteiger partial charge in [0.15, 0.2) is 0 Å². The summed E-state index contributed by atoms with van der Waals surface area (Å²) in [5.41, 5.74) is 0. The Labute approximate surface area is 69.4 Å². The minimum atomic E-state index is 0.858. The first kappa shape index (κ1) is 10.4. The van der Waals surface area contributed by atoms with Crippen LogP contribution in [0.15, 0.2) is 9.98 Å².